The minimum Gasteiger partial charge on any atom is -0.460 e. The summed E-state index contributed by atoms with van der Waals surface area (Å²) in [7, 11) is 0. The fourth-order valence-corrected chi connectivity index (χ4v) is 13.2. The number of ether oxygens (including phenoxy) is 4. The summed E-state index contributed by atoms with van der Waals surface area (Å²) < 4.78 is 22.5. The highest BCUT2D eigenvalue weighted by Crippen LogP contribution is 2.63. The summed E-state index contributed by atoms with van der Waals surface area (Å²) in [6, 6.07) is 17.0. The maximum Gasteiger partial charge on any atom is 0.332 e. The maximum atomic E-state index is 11.6. The van der Waals surface area contributed by atoms with E-state index in [2.05, 4.69) is 72.4 Å². The molecule has 0 unspecified atom stereocenters. The zero-order valence-electron chi connectivity index (χ0n) is 23.9. The Labute approximate surface area is 287 Å². The average molecular weight is 713 g/mol. The third-order valence-electron chi connectivity index (χ3n) is 6.71. The first-order valence-electron chi connectivity index (χ1n) is 13.8. The first-order valence-corrected chi connectivity index (χ1v) is 19.1. The van der Waals surface area contributed by atoms with E-state index in [9.17, 15) is 9.59 Å². The molecule has 0 spiro atoms. The molecule has 2 aliphatic heterocycles. The number of hydrogen-bond donors (Lipinski definition) is 0. The summed E-state index contributed by atoms with van der Waals surface area (Å²) in [6.07, 6.45) is 2.27. The van der Waals surface area contributed by atoms with Gasteiger partial charge in [0.25, 0.3) is 0 Å². The highest BCUT2D eigenvalue weighted by atomic mass is 32.2. The van der Waals surface area contributed by atoms with E-state index >= 15 is 0 Å². The minimum atomic E-state index is -0.522. The molecule has 2 aromatic carbocycles. The monoisotopic (exact) mass is 712 g/mol. The van der Waals surface area contributed by atoms with E-state index in [4.69, 9.17) is 18.9 Å². The normalized spacial score (nSPS) is 14.2. The van der Waals surface area contributed by atoms with E-state index in [1.54, 1.807) is 22.7 Å². The van der Waals surface area contributed by atoms with E-state index < -0.39 is 11.9 Å². The van der Waals surface area contributed by atoms with Gasteiger partial charge in [-0.15, -0.1) is 69.7 Å². The third kappa shape index (κ3) is 7.60. The summed E-state index contributed by atoms with van der Waals surface area (Å²) in [5.41, 5.74) is 4.42. The fraction of sp³-hybridized carbons (Fsp3) is 0.212. The van der Waals surface area contributed by atoms with Crippen molar-refractivity contribution in [2.45, 2.75) is 42.0 Å². The molecule has 6 rings (SSSR count). The summed E-state index contributed by atoms with van der Waals surface area (Å²) in [6.45, 7) is 7.81. The van der Waals surface area contributed by atoms with Gasteiger partial charge in [0.2, 0.25) is 0 Å². The van der Waals surface area contributed by atoms with Crippen LogP contribution in [0, 0.1) is 0 Å². The number of carbonyl (C=O) groups is 2. The molecule has 0 radical (unpaired) electrons. The second kappa shape index (κ2) is 15.4. The number of carbonyl (C=O) groups excluding carboxylic acids is 2. The Balaban J connectivity index is 1.35. The van der Waals surface area contributed by atoms with Crippen LogP contribution in [-0.2, 0) is 41.8 Å². The van der Waals surface area contributed by atoms with Gasteiger partial charge in [0.05, 0.1) is 29.0 Å². The quantitative estimate of drug-likeness (QED) is 0.0546. The predicted octanol–water partition coefficient (Wildman–Crippen LogP) is 9.72. The molecule has 6 nitrogen and oxygen atoms in total. The van der Waals surface area contributed by atoms with Crippen LogP contribution in [0.5, 0.6) is 0 Å². The molecule has 0 saturated carbocycles. The Hall–Kier alpha value is -2.42. The molecular formula is C33H28O6S6. The number of benzene rings is 2. The van der Waals surface area contributed by atoms with Crippen LogP contribution >= 0.6 is 69.7 Å². The molecule has 2 aliphatic rings. The van der Waals surface area contributed by atoms with Crippen LogP contribution in [-0.4, -0.2) is 31.9 Å². The first kappa shape index (κ1) is 32.5. The molecule has 0 amide bonds. The lowest BCUT2D eigenvalue weighted by Crippen LogP contribution is -2.08. The highest BCUT2D eigenvalue weighted by molar-refractivity contribution is 8.19. The molecule has 0 saturated heterocycles. The van der Waals surface area contributed by atoms with Crippen molar-refractivity contribution in [2.24, 2.45) is 0 Å². The fourth-order valence-electron chi connectivity index (χ4n) is 4.71. The second-order valence-corrected chi connectivity index (χ2v) is 16.6. The number of thioether (sulfide) groups is 4. The summed E-state index contributed by atoms with van der Waals surface area (Å²) in [5, 5.41) is 4.35. The smallest absolute Gasteiger partial charge is 0.332 e. The van der Waals surface area contributed by atoms with Gasteiger partial charge in [-0.05, 0) is 46.2 Å². The number of fused-ring (bicyclic) bond motifs is 2. The standard InChI is InChI=1S/C33H28O6S6/c1-3-26(34)38-14-13-36-15-20-17-40-30(32-42-22-9-5-6-10-23(22)43-32)28(20)29-21(16-37-19-39-27(35)4-2)18-41-31(29)33-44-24-11-7-8-12-25(24)45-33/h3-12,17-18,32-33H,1-2,13-16,19H2. The van der Waals surface area contributed by atoms with Crippen molar-refractivity contribution >= 4 is 81.7 Å². The zero-order valence-corrected chi connectivity index (χ0v) is 28.8. The Morgan fingerprint density at radius 3 is 1.56 bits per heavy atom. The molecule has 4 heterocycles. The van der Waals surface area contributed by atoms with Gasteiger partial charge in [-0.3, -0.25) is 0 Å². The van der Waals surface area contributed by atoms with Crippen LogP contribution in [0.2, 0.25) is 0 Å². The van der Waals surface area contributed by atoms with Crippen molar-refractivity contribution in [1.82, 2.24) is 0 Å². The lowest BCUT2D eigenvalue weighted by Gasteiger charge is -2.17. The van der Waals surface area contributed by atoms with Crippen LogP contribution in [0.1, 0.15) is 30.0 Å². The van der Waals surface area contributed by atoms with Crippen LogP contribution in [0.3, 0.4) is 0 Å². The van der Waals surface area contributed by atoms with Crippen molar-refractivity contribution in [3.63, 3.8) is 0 Å². The summed E-state index contributed by atoms with van der Waals surface area (Å²) >= 11 is 11.0. The zero-order chi connectivity index (χ0) is 31.2. The molecule has 0 bridgehead atoms. The summed E-state index contributed by atoms with van der Waals surface area (Å²) in [4.78, 5) is 30.8. The van der Waals surface area contributed by atoms with Gasteiger partial charge in [0.15, 0.2) is 6.79 Å². The van der Waals surface area contributed by atoms with Gasteiger partial charge < -0.3 is 18.9 Å². The van der Waals surface area contributed by atoms with Gasteiger partial charge in [-0.25, -0.2) is 9.59 Å². The van der Waals surface area contributed by atoms with E-state index in [-0.39, 0.29) is 35.8 Å². The van der Waals surface area contributed by atoms with Gasteiger partial charge in [0, 0.05) is 52.6 Å². The number of esters is 2. The number of rotatable bonds is 14. The predicted molar refractivity (Wildman–Crippen MR) is 186 cm³/mol. The molecule has 4 aromatic rings. The SMILES string of the molecule is C=CC(=O)OCCOCc1csc(C2Sc3ccccc3S2)c1-c1c(COCOC(=O)C=C)csc1C1Sc2ccccc2S1. The van der Waals surface area contributed by atoms with Gasteiger partial charge in [-0.1, -0.05) is 37.4 Å². The highest BCUT2D eigenvalue weighted by Gasteiger charge is 2.34. The number of hydrogen-bond acceptors (Lipinski definition) is 12. The van der Waals surface area contributed by atoms with Crippen molar-refractivity contribution in [3.8, 4) is 11.1 Å². The van der Waals surface area contributed by atoms with E-state index in [1.165, 1.54) is 29.3 Å². The second-order valence-electron chi connectivity index (χ2n) is 9.59. The van der Waals surface area contributed by atoms with Gasteiger partial charge >= 0.3 is 11.9 Å². The van der Waals surface area contributed by atoms with Crippen molar-refractivity contribution in [1.29, 1.82) is 0 Å². The van der Waals surface area contributed by atoms with Crippen LogP contribution in [0.15, 0.2) is 104 Å². The molecule has 0 atom stereocenters. The van der Waals surface area contributed by atoms with Crippen LogP contribution in [0.4, 0.5) is 0 Å². The maximum absolute atomic E-state index is 11.6. The largest absolute Gasteiger partial charge is 0.460 e. The average Bonchev–Trinajstić information content (AvgIpc) is 3.86. The minimum absolute atomic E-state index is 0.153. The molecule has 12 heteroatoms. The Bertz CT molecular complexity index is 1660. The molecule has 45 heavy (non-hydrogen) atoms. The summed E-state index contributed by atoms with van der Waals surface area (Å²) in [5.74, 6) is -0.989. The van der Waals surface area contributed by atoms with Crippen LogP contribution in [0.25, 0.3) is 11.1 Å². The van der Waals surface area contributed by atoms with E-state index in [1.807, 2.05) is 47.0 Å². The molecule has 0 aliphatic carbocycles. The Morgan fingerprint density at radius 1 is 0.644 bits per heavy atom. The topological polar surface area (TPSA) is 71.1 Å². The number of thiophene rings is 2. The van der Waals surface area contributed by atoms with Crippen LogP contribution < -0.4 is 0 Å². The molecule has 0 N–H and O–H groups in total. The molecule has 0 fully saturated rings. The van der Waals surface area contributed by atoms with E-state index in [0.717, 1.165) is 34.4 Å². The lowest BCUT2D eigenvalue weighted by atomic mass is 9.99. The third-order valence-corrected chi connectivity index (χ3v) is 15.1. The molecular weight excluding hydrogens is 685 g/mol. The lowest BCUT2D eigenvalue weighted by molar-refractivity contribution is -0.151. The van der Waals surface area contributed by atoms with Crippen molar-refractivity contribution in [3.05, 3.63) is 105 Å². The molecule has 2 aromatic heterocycles. The Morgan fingerprint density at radius 2 is 1.09 bits per heavy atom. The van der Waals surface area contributed by atoms with Gasteiger partial charge in [0.1, 0.15) is 6.61 Å². The molecule has 232 valence electrons. The van der Waals surface area contributed by atoms with Crippen molar-refractivity contribution in [2.75, 3.05) is 20.0 Å². The van der Waals surface area contributed by atoms with E-state index in [0.29, 0.717) is 6.61 Å². The van der Waals surface area contributed by atoms with Gasteiger partial charge in [-0.2, -0.15) is 0 Å². The van der Waals surface area contributed by atoms with Crippen molar-refractivity contribution < 1.29 is 28.5 Å². The first-order chi connectivity index (χ1) is 22.1. The Kier molecular flexibility index (Phi) is 11.2.